The van der Waals surface area contributed by atoms with Crippen molar-refractivity contribution in [3.63, 3.8) is 0 Å². The average molecular weight is 686 g/mol. The van der Waals surface area contributed by atoms with Crippen molar-refractivity contribution in [1.82, 2.24) is 15.1 Å². The Morgan fingerprint density at radius 2 is 1.75 bits per heavy atom. The summed E-state index contributed by atoms with van der Waals surface area (Å²) in [4.78, 5) is 67.2. The molecule has 246 valence electrons. The minimum Gasteiger partial charge on any atom is -0.543 e. The number of aromatic nitrogens is 1. The van der Waals surface area contributed by atoms with Crippen LogP contribution in [0.2, 0.25) is 0 Å². The van der Waals surface area contributed by atoms with Crippen LogP contribution in [0.15, 0.2) is 107 Å². The van der Waals surface area contributed by atoms with E-state index in [9.17, 15) is 34.2 Å². The lowest BCUT2D eigenvalue weighted by Crippen LogP contribution is -2.71. The van der Waals surface area contributed by atoms with Gasteiger partial charge in [-0.2, -0.15) is 4.57 Å². The number of fused-ring (bicyclic) bond motifs is 1. The Bertz CT molecular complexity index is 1810. The minimum atomic E-state index is -1.51. The number of nitrogens with one attached hydrogen (secondary N) is 2. The fraction of sp³-hybridized carbons (Fsp3) is 0.235. The van der Waals surface area contributed by atoms with Crippen LogP contribution in [0.25, 0.3) is 0 Å². The van der Waals surface area contributed by atoms with Crippen LogP contribution < -0.4 is 20.3 Å². The number of carbonyl (C=O) groups excluding carboxylic acids is 5. The molecule has 4 amide bonds. The predicted octanol–water partition coefficient (Wildman–Crippen LogP) is 1.17. The molecule has 2 saturated heterocycles. The van der Waals surface area contributed by atoms with E-state index in [2.05, 4.69) is 10.6 Å². The molecule has 0 radical (unpaired) electrons. The van der Waals surface area contributed by atoms with Gasteiger partial charge in [-0.1, -0.05) is 18.2 Å². The van der Waals surface area contributed by atoms with Gasteiger partial charge in [-0.15, -0.1) is 23.5 Å². The van der Waals surface area contributed by atoms with E-state index >= 15 is 0 Å². The number of phenols is 1. The van der Waals surface area contributed by atoms with E-state index in [-0.39, 0.29) is 47.2 Å². The fourth-order valence-corrected chi connectivity index (χ4v) is 7.65. The van der Waals surface area contributed by atoms with Crippen molar-refractivity contribution >= 4 is 58.8 Å². The van der Waals surface area contributed by atoms with Gasteiger partial charge in [-0.3, -0.25) is 24.1 Å². The number of amides is 4. The Balaban J connectivity index is 1.04. The first-order valence-electron chi connectivity index (χ1n) is 15.1. The number of benzene rings is 2. The van der Waals surface area contributed by atoms with Gasteiger partial charge in [0, 0.05) is 47.1 Å². The van der Waals surface area contributed by atoms with Crippen molar-refractivity contribution in [2.45, 2.75) is 35.8 Å². The summed E-state index contributed by atoms with van der Waals surface area (Å²) in [7, 11) is 0. The molecule has 2 aromatic carbocycles. The predicted molar refractivity (Wildman–Crippen MR) is 176 cm³/mol. The maximum atomic E-state index is 13.3. The van der Waals surface area contributed by atoms with Crippen LogP contribution in [0.4, 0.5) is 5.69 Å². The summed E-state index contributed by atoms with van der Waals surface area (Å²) < 4.78 is 1.70. The van der Waals surface area contributed by atoms with E-state index < -0.39 is 23.3 Å². The average Bonchev–Trinajstić information content (AvgIpc) is 3.42. The van der Waals surface area contributed by atoms with Crippen molar-refractivity contribution in [2.75, 3.05) is 23.4 Å². The van der Waals surface area contributed by atoms with Gasteiger partial charge in [-0.05, 0) is 60.0 Å². The van der Waals surface area contributed by atoms with Crippen LogP contribution in [0.3, 0.4) is 0 Å². The number of carbonyl (C=O) groups is 5. The zero-order valence-electron chi connectivity index (χ0n) is 25.5. The standard InChI is InChI=1S/C34H31N5O7S2/c40-25-8-6-24(7-9-25)35-27(41)18-37-13-10-21(11-14-37)17-38-15-12-22(31(38)43)16-23-19-48-33-29(32(44)39(33)30(23)34(45)46)36-28(42)20-47-26-4-2-1-3-5-26/h1-11,13-14,16,29,33H,12,15,17-20H2,(H3-,35,36,40,41,42,45,46)/b22-16+/t29-,33-/m1/s1. The Labute approximate surface area is 284 Å². The van der Waals surface area contributed by atoms with Gasteiger partial charge in [0.25, 0.3) is 11.8 Å². The smallest absolute Gasteiger partial charge is 0.290 e. The van der Waals surface area contributed by atoms with Crippen LogP contribution in [0, 0.1) is 0 Å². The molecule has 2 atom stereocenters. The molecule has 4 heterocycles. The number of nitrogens with zero attached hydrogens (tertiary/aromatic N) is 3. The molecule has 3 aliphatic rings. The SMILES string of the molecule is O=C(C[n+]1ccc(CN2CC/C(=C\C3=C(C(=O)[O-])N4C(=O)[C@@H](NC(=O)CSc5ccccc5)[C@H]4SC3)C2=O)cc1)Nc1ccc(O)cc1. The number of aromatic hydroxyl groups is 1. The van der Waals surface area contributed by atoms with Crippen molar-refractivity contribution < 1.29 is 38.8 Å². The Hall–Kier alpha value is -5.08. The lowest BCUT2D eigenvalue weighted by atomic mass is 10.0. The highest BCUT2D eigenvalue weighted by Gasteiger charge is 2.52. The molecule has 12 nitrogen and oxygen atoms in total. The largest absolute Gasteiger partial charge is 0.543 e. The van der Waals surface area contributed by atoms with E-state index in [1.54, 1.807) is 40.1 Å². The second kappa shape index (κ2) is 14.4. The van der Waals surface area contributed by atoms with Gasteiger partial charge < -0.3 is 30.5 Å². The topological polar surface area (TPSA) is 163 Å². The maximum Gasteiger partial charge on any atom is 0.290 e. The molecule has 0 aliphatic carbocycles. The lowest BCUT2D eigenvalue weighted by molar-refractivity contribution is -0.684. The number of β-lactam (4-membered cyclic amide) rings is 1. The fourth-order valence-electron chi connectivity index (χ4n) is 5.62. The summed E-state index contributed by atoms with van der Waals surface area (Å²) in [6.07, 6.45) is 5.46. The molecule has 0 spiro atoms. The lowest BCUT2D eigenvalue weighted by Gasteiger charge is -2.50. The number of aliphatic carboxylic acids is 1. The van der Waals surface area contributed by atoms with Gasteiger partial charge in [0.1, 0.15) is 17.2 Å². The monoisotopic (exact) mass is 685 g/mol. The molecule has 3 aliphatic heterocycles. The summed E-state index contributed by atoms with van der Waals surface area (Å²) in [5.74, 6) is -2.37. The third-order valence-corrected chi connectivity index (χ3v) is 10.3. The molecule has 48 heavy (non-hydrogen) atoms. The highest BCUT2D eigenvalue weighted by atomic mass is 32.2. The molecule has 14 heteroatoms. The van der Waals surface area contributed by atoms with Crippen molar-refractivity contribution in [3.8, 4) is 5.75 Å². The second-order valence-electron chi connectivity index (χ2n) is 11.3. The van der Waals surface area contributed by atoms with Crippen LogP contribution in [0.5, 0.6) is 5.75 Å². The van der Waals surface area contributed by atoms with E-state index in [1.807, 2.05) is 42.5 Å². The second-order valence-corrected chi connectivity index (χ2v) is 13.5. The number of carboxylic acids is 1. The molecule has 0 saturated carbocycles. The van der Waals surface area contributed by atoms with Crippen molar-refractivity contribution in [3.05, 3.63) is 108 Å². The van der Waals surface area contributed by atoms with Crippen LogP contribution in [0.1, 0.15) is 12.0 Å². The number of carboxylic acid groups (broad SMARTS) is 1. The Kier molecular flexibility index (Phi) is 9.82. The van der Waals surface area contributed by atoms with Gasteiger partial charge in [0.15, 0.2) is 12.4 Å². The van der Waals surface area contributed by atoms with Gasteiger partial charge in [0.2, 0.25) is 18.4 Å². The number of hydrogen-bond acceptors (Lipinski definition) is 9. The first-order valence-corrected chi connectivity index (χ1v) is 17.1. The first kappa shape index (κ1) is 32.8. The van der Waals surface area contributed by atoms with Gasteiger partial charge in [-0.25, -0.2) is 0 Å². The van der Waals surface area contributed by atoms with Crippen molar-refractivity contribution in [1.29, 1.82) is 0 Å². The quantitative estimate of drug-likeness (QED) is 0.0885. The molecule has 3 N–H and O–H groups in total. The molecular weight excluding hydrogens is 655 g/mol. The molecule has 6 rings (SSSR count). The zero-order chi connectivity index (χ0) is 33.8. The molecule has 3 aromatic rings. The number of allylic oxidation sites excluding steroid dienone is 1. The summed E-state index contributed by atoms with van der Waals surface area (Å²) in [5.41, 5.74) is 1.92. The highest BCUT2D eigenvalue weighted by Crippen LogP contribution is 2.41. The first-order chi connectivity index (χ1) is 23.2. The Morgan fingerprint density at radius 3 is 2.46 bits per heavy atom. The third-order valence-electron chi connectivity index (χ3n) is 7.99. The molecular formula is C34H31N5O7S2. The minimum absolute atomic E-state index is 0.0748. The number of thioether (sulfide) groups is 2. The number of pyridine rings is 1. The van der Waals surface area contributed by atoms with E-state index in [0.717, 1.165) is 15.4 Å². The maximum absolute atomic E-state index is 13.3. The van der Waals surface area contributed by atoms with Gasteiger partial charge in [0.05, 0.1) is 17.4 Å². The molecule has 2 fully saturated rings. The number of likely N-dealkylation sites (tertiary alicyclic amines) is 1. The normalized spacial score (nSPS) is 19.6. The zero-order valence-corrected chi connectivity index (χ0v) is 27.2. The van der Waals surface area contributed by atoms with E-state index in [0.29, 0.717) is 36.3 Å². The van der Waals surface area contributed by atoms with Crippen molar-refractivity contribution in [2.24, 2.45) is 0 Å². The third kappa shape index (κ3) is 7.39. The van der Waals surface area contributed by atoms with Gasteiger partial charge >= 0.3 is 0 Å². The molecule has 1 aromatic heterocycles. The summed E-state index contributed by atoms with van der Waals surface area (Å²) in [6, 6.07) is 18.4. The van der Waals surface area contributed by atoms with Crippen LogP contribution in [-0.2, 0) is 37.1 Å². The number of hydrogen-bond donors (Lipinski definition) is 3. The van der Waals surface area contributed by atoms with E-state index in [1.165, 1.54) is 35.7 Å². The van der Waals surface area contributed by atoms with Crippen LogP contribution in [-0.4, -0.2) is 74.0 Å². The number of rotatable bonds is 11. The van der Waals surface area contributed by atoms with E-state index in [4.69, 9.17) is 0 Å². The van der Waals surface area contributed by atoms with Crippen LogP contribution >= 0.6 is 23.5 Å². The highest BCUT2D eigenvalue weighted by molar-refractivity contribution is 8.00. The summed E-state index contributed by atoms with van der Waals surface area (Å²) in [6.45, 7) is 0.843. The number of phenolic OH excluding ortho intramolecular Hbond substituents is 1. The molecule has 0 bridgehead atoms. The number of anilines is 1. The Morgan fingerprint density at radius 1 is 1.02 bits per heavy atom. The summed E-state index contributed by atoms with van der Waals surface area (Å²) in [5, 5.41) is 26.5. The summed E-state index contributed by atoms with van der Waals surface area (Å²) >= 11 is 2.67. The molecule has 0 unspecified atom stereocenters.